The number of hydrogen-bond acceptors (Lipinski definition) is 6. The molecule has 1 aliphatic heterocycles. The Morgan fingerprint density at radius 2 is 1.97 bits per heavy atom. The first kappa shape index (κ1) is 20.6. The third-order valence-corrected chi connectivity index (χ3v) is 5.10. The van der Waals surface area contributed by atoms with Gasteiger partial charge in [-0.25, -0.2) is 14.3 Å². The van der Waals surface area contributed by atoms with Crippen LogP contribution in [0.5, 0.6) is 0 Å². The number of aryl methyl sites for hydroxylation is 1. The maximum atomic E-state index is 12.5. The highest BCUT2D eigenvalue weighted by Gasteiger charge is 2.29. The fourth-order valence-corrected chi connectivity index (χ4v) is 3.53. The zero-order chi connectivity index (χ0) is 22.0. The number of benzene rings is 2. The van der Waals surface area contributed by atoms with Crippen molar-refractivity contribution in [3.8, 4) is 5.69 Å². The Morgan fingerprint density at radius 1 is 1.19 bits per heavy atom. The SMILES string of the molecule is CCOC(=O)C1=CN(Cc2cn(-c3ccc(Cl)cc3)nn2)c2ccc(C)cc2C1=C=O. The highest BCUT2D eigenvalue weighted by atomic mass is 35.5. The van der Waals surface area contributed by atoms with Crippen molar-refractivity contribution in [1.29, 1.82) is 0 Å². The standard InChI is InChI=1S/C23H19ClN4O3/c1-3-31-23(30)20-13-27(22-9-4-15(2)10-19(22)21(20)14-29)11-17-12-28(26-25-17)18-7-5-16(24)6-8-18/h4-10,12-13H,3,11H2,1-2H3. The van der Waals surface area contributed by atoms with Crippen LogP contribution in [-0.2, 0) is 20.9 Å². The van der Waals surface area contributed by atoms with Crippen LogP contribution < -0.4 is 4.90 Å². The molecule has 0 saturated heterocycles. The molecule has 0 amide bonds. The molecular formula is C23H19ClN4O3. The molecule has 0 saturated carbocycles. The highest BCUT2D eigenvalue weighted by Crippen LogP contribution is 2.37. The van der Waals surface area contributed by atoms with E-state index in [-0.39, 0.29) is 17.8 Å². The first-order valence-electron chi connectivity index (χ1n) is 9.69. The molecule has 0 radical (unpaired) electrons. The lowest BCUT2D eigenvalue weighted by Crippen LogP contribution is -2.25. The second kappa shape index (κ2) is 8.60. The van der Waals surface area contributed by atoms with E-state index in [1.54, 1.807) is 36.1 Å². The van der Waals surface area contributed by atoms with Crippen LogP contribution in [-0.4, -0.2) is 33.5 Å². The molecule has 0 atom stereocenters. The quantitative estimate of drug-likeness (QED) is 0.447. The van der Waals surface area contributed by atoms with E-state index in [2.05, 4.69) is 10.3 Å². The molecule has 2 heterocycles. The second-order valence-electron chi connectivity index (χ2n) is 7.02. The predicted molar refractivity (Wildman–Crippen MR) is 118 cm³/mol. The Kier molecular flexibility index (Phi) is 5.71. The molecule has 0 aliphatic carbocycles. The van der Waals surface area contributed by atoms with Gasteiger partial charge in [0.25, 0.3) is 0 Å². The minimum absolute atomic E-state index is 0.167. The molecule has 0 bridgehead atoms. The molecule has 0 fully saturated rings. The van der Waals surface area contributed by atoms with Gasteiger partial charge in [-0.05, 0) is 50.2 Å². The number of esters is 1. The molecule has 2 aromatic carbocycles. The van der Waals surface area contributed by atoms with Crippen molar-refractivity contribution in [2.24, 2.45) is 0 Å². The van der Waals surface area contributed by atoms with Crippen LogP contribution in [0, 0.1) is 6.92 Å². The van der Waals surface area contributed by atoms with E-state index in [9.17, 15) is 9.59 Å². The molecule has 0 unspecified atom stereocenters. The summed E-state index contributed by atoms with van der Waals surface area (Å²) in [4.78, 5) is 26.1. The van der Waals surface area contributed by atoms with Gasteiger partial charge < -0.3 is 9.64 Å². The van der Waals surface area contributed by atoms with E-state index >= 15 is 0 Å². The summed E-state index contributed by atoms with van der Waals surface area (Å²) in [6.07, 6.45) is 3.41. The van der Waals surface area contributed by atoms with Crippen LogP contribution in [0.25, 0.3) is 11.3 Å². The zero-order valence-corrected chi connectivity index (χ0v) is 17.8. The summed E-state index contributed by atoms with van der Waals surface area (Å²) >= 11 is 5.95. The highest BCUT2D eigenvalue weighted by molar-refractivity contribution is 6.30. The molecule has 7 nitrogen and oxygen atoms in total. The van der Waals surface area contributed by atoms with E-state index in [4.69, 9.17) is 16.3 Å². The molecule has 1 aliphatic rings. The Morgan fingerprint density at radius 3 is 2.68 bits per heavy atom. The van der Waals surface area contributed by atoms with Gasteiger partial charge in [0.15, 0.2) is 0 Å². The van der Waals surface area contributed by atoms with Gasteiger partial charge in [-0.3, -0.25) is 0 Å². The van der Waals surface area contributed by atoms with Gasteiger partial charge >= 0.3 is 5.97 Å². The van der Waals surface area contributed by atoms with Crippen molar-refractivity contribution in [1.82, 2.24) is 15.0 Å². The topological polar surface area (TPSA) is 77.3 Å². The number of carbonyl (C=O) groups excluding carboxylic acids is 2. The van der Waals surface area contributed by atoms with E-state index in [0.717, 1.165) is 16.9 Å². The molecule has 31 heavy (non-hydrogen) atoms. The number of anilines is 1. The monoisotopic (exact) mass is 434 g/mol. The average Bonchev–Trinajstić information content (AvgIpc) is 3.22. The van der Waals surface area contributed by atoms with Crippen molar-refractivity contribution in [2.75, 3.05) is 11.5 Å². The van der Waals surface area contributed by atoms with Gasteiger partial charge in [-0.2, -0.15) is 0 Å². The van der Waals surface area contributed by atoms with Gasteiger partial charge in [0, 0.05) is 22.5 Å². The minimum atomic E-state index is -0.567. The molecule has 4 rings (SSSR count). The fourth-order valence-electron chi connectivity index (χ4n) is 3.41. The van der Waals surface area contributed by atoms with Crippen molar-refractivity contribution in [3.63, 3.8) is 0 Å². The summed E-state index contributed by atoms with van der Waals surface area (Å²) in [7, 11) is 0. The summed E-state index contributed by atoms with van der Waals surface area (Å²) < 4.78 is 6.80. The van der Waals surface area contributed by atoms with Crippen molar-refractivity contribution < 1.29 is 14.3 Å². The first-order valence-corrected chi connectivity index (χ1v) is 10.1. The number of nitrogens with zero attached hydrogens (tertiary/aromatic N) is 4. The maximum absolute atomic E-state index is 12.5. The van der Waals surface area contributed by atoms with Gasteiger partial charge in [0.05, 0.1) is 36.2 Å². The number of rotatable bonds is 5. The molecule has 0 N–H and O–H groups in total. The van der Waals surface area contributed by atoms with Crippen LogP contribution in [0.15, 0.2) is 60.4 Å². The molecule has 0 spiro atoms. The number of halogens is 1. The van der Waals surface area contributed by atoms with E-state index < -0.39 is 5.97 Å². The summed E-state index contributed by atoms with van der Waals surface area (Å²) in [5.41, 5.74) is 4.23. The van der Waals surface area contributed by atoms with Crippen LogP contribution in [0.2, 0.25) is 5.02 Å². The van der Waals surface area contributed by atoms with Crippen molar-refractivity contribution in [3.05, 3.63) is 82.3 Å². The van der Waals surface area contributed by atoms with Gasteiger partial charge in [-0.1, -0.05) is 28.4 Å². The second-order valence-corrected chi connectivity index (χ2v) is 7.46. The maximum Gasteiger partial charge on any atom is 0.341 e. The Hall–Kier alpha value is -3.67. The van der Waals surface area contributed by atoms with Crippen LogP contribution in [0.1, 0.15) is 23.7 Å². The summed E-state index contributed by atoms with van der Waals surface area (Å²) in [6.45, 7) is 4.20. The summed E-state index contributed by atoms with van der Waals surface area (Å²) in [5.74, 6) is 1.35. The van der Waals surface area contributed by atoms with Crippen LogP contribution in [0.4, 0.5) is 5.69 Å². The third-order valence-electron chi connectivity index (χ3n) is 4.85. The van der Waals surface area contributed by atoms with E-state index in [1.165, 1.54) is 0 Å². The zero-order valence-electron chi connectivity index (χ0n) is 17.0. The normalized spacial score (nSPS) is 12.8. The van der Waals surface area contributed by atoms with Crippen molar-refractivity contribution in [2.45, 2.75) is 20.4 Å². The lowest BCUT2D eigenvalue weighted by Gasteiger charge is -2.28. The molecule has 156 valence electrons. The van der Waals surface area contributed by atoms with Crippen LogP contribution in [0.3, 0.4) is 0 Å². The Labute approximate surface area is 184 Å². The summed E-state index contributed by atoms with van der Waals surface area (Å²) in [6, 6.07) is 13.0. The largest absolute Gasteiger partial charge is 0.462 e. The van der Waals surface area contributed by atoms with Gasteiger partial charge in [0.2, 0.25) is 0 Å². The minimum Gasteiger partial charge on any atom is -0.462 e. The Bertz CT molecular complexity index is 1220. The lowest BCUT2D eigenvalue weighted by molar-refractivity contribution is -0.138. The molecule has 3 aromatic rings. The first-order chi connectivity index (χ1) is 15.0. The number of fused-ring (bicyclic) bond motifs is 1. The van der Waals surface area contributed by atoms with Gasteiger partial charge in [0.1, 0.15) is 11.6 Å². The van der Waals surface area contributed by atoms with Gasteiger partial charge in [-0.15, -0.1) is 5.10 Å². The summed E-state index contributed by atoms with van der Waals surface area (Å²) in [5, 5.41) is 9.08. The van der Waals surface area contributed by atoms with Crippen molar-refractivity contribution >= 4 is 34.8 Å². The number of carbonyl (C=O) groups is 1. The molecule has 1 aromatic heterocycles. The lowest BCUT2D eigenvalue weighted by atomic mass is 9.93. The van der Waals surface area contributed by atoms with Crippen LogP contribution >= 0.6 is 11.6 Å². The Balaban J connectivity index is 1.71. The number of ether oxygens (including phenoxy) is 1. The van der Waals surface area contributed by atoms with E-state index in [0.29, 0.717) is 22.8 Å². The van der Waals surface area contributed by atoms with E-state index in [1.807, 2.05) is 48.1 Å². The average molecular weight is 435 g/mol. The number of aromatic nitrogens is 3. The molecular weight excluding hydrogens is 416 g/mol. The smallest absolute Gasteiger partial charge is 0.341 e. The fraction of sp³-hybridized carbons (Fsp3) is 0.174. The number of hydrogen-bond donors (Lipinski definition) is 0. The molecule has 8 heteroatoms. The third kappa shape index (κ3) is 4.14. The predicted octanol–water partition coefficient (Wildman–Crippen LogP) is 3.91.